The molecule has 0 aliphatic heterocycles. The number of amides is 1. The third-order valence-electron chi connectivity index (χ3n) is 2.75. The SMILES string of the molecule is C=C/C=C(/C)C(=C)CC(=O)NC1CC(F)(F)C1. The first-order valence-corrected chi connectivity index (χ1v) is 5.49. The van der Waals surface area contributed by atoms with Crippen molar-refractivity contribution in [3.05, 3.63) is 36.5 Å². The Morgan fingerprint density at radius 2 is 2.12 bits per heavy atom. The van der Waals surface area contributed by atoms with E-state index >= 15 is 0 Å². The fourth-order valence-corrected chi connectivity index (χ4v) is 1.67. The van der Waals surface area contributed by atoms with Crippen LogP contribution in [0.2, 0.25) is 0 Å². The lowest BCUT2D eigenvalue weighted by Crippen LogP contribution is -2.50. The number of hydrogen-bond acceptors (Lipinski definition) is 1. The monoisotopic (exact) mass is 241 g/mol. The highest BCUT2D eigenvalue weighted by atomic mass is 19.3. The summed E-state index contributed by atoms with van der Waals surface area (Å²) in [4.78, 5) is 11.5. The van der Waals surface area contributed by atoms with E-state index in [1.807, 2.05) is 6.92 Å². The maximum atomic E-state index is 12.5. The van der Waals surface area contributed by atoms with Crippen LogP contribution < -0.4 is 5.32 Å². The van der Waals surface area contributed by atoms with Crippen LogP contribution in [0.1, 0.15) is 26.2 Å². The first-order valence-electron chi connectivity index (χ1n) is 5.49. The number of nitrogens with one attached hydrogen (secondary N) is 1. The lowest BCUT2D eigenvalue weighted by Gasteiger charge is -2.35. The van der Waals surface area contributed by atoms with Crippen molar-refractivity contribution in [2.75, 3.05) is 0 Å². The number of carbonyl (C=O) groups excluding carboxylic acids is 1. The summed E-state index contributed by atoms with van der Waals surface area (Å²) >= 11 is 0. The quantitative estimate of drug-likeness (QED) is 0.737. The van der Waals surface area contributed by atoms with Crippen LogP contribution in [0.4, 0.5) is 8.78 Å². The Labute approximate surface area is 100 Å². The highest BCUT2D eigenvalue weighted by molar-refractivity contribution is 5.79. The van der Waals surface area contributed by atoms with Gasteiger partial charge in [0, 0.05) is 18.9 Å². The van der Waals surface area contributed by atoms with E-state index < -0.39 is 12.0 Å². The Morgan fingerprint density at radius 1 is 1.53 bits per heavy atom. The summed E-state index contributed by atoms with van der Waals surface area (Å²) in [5, 5.41) is 2.57. The number of rotatable bonds is 5. The fourth-order valence-electron chi connectivity index (χ4n) is 1.67. The van der Waals surface area contributed by atoms with Crippen molar-refractivity contribution in [1.82, 2.24) is 5.32 Å². The Balaban J connectivity index is 2.33. The minimum Gasteiger partial charge on any atom is -0.353 e. The molecule has 2 nitrogen and oxygen atoms in total. The molecule has 0 bridgehead atoms. The van der Waals surface area contributed by atoms with Gasteiger partial charge in [-0.05, 0) is 18.1 Å². The van der Waals surface area contributed by atoms with E-state index in [4.69, 9.17) is 0 Å². The average molecular weight is 241 g/mol. The molecule has 1 amide bonds. The predicted octanol–water partition coefficient (Wildman–Crippen LogP) is 2.98. The molecule has 1 fully saturated rings. The summed E-state index contributed by atoms with van der Waals surface area (Å²) in [6.07, 6.45) is 3.00. The first-order chi connectivity index (χ1) is 7.84. The lowest BCUT2D eigenvalue weighted by atomic mass is 9.88. The van der Waals surface area contributed by atoms with E-state index in [9.17, 15) is 13.6 Å². The van der Waals surface area contributed by atoms with Crippen LogP contribution in [-0.4, -0.2) is 17.9 Å². The third kappa shape index (κ3) is 4.13. The van der Waals surface area contributed by atoms with Gasteiger partial charge in [0.2, 0.25) is 5.91 Å². The van der Waals surface area contributed by atoms with Crippen LogP contribution in [0.25, 0.3) is 0 Å². The molecule has 94 valence electrons. The molecule has 0 aromatic heterocycles. The van der Waals surface area contributed by atoms with Crippen LogP contribution in [0, 0.1) is 0 Å². The van der Waals surface area contributed by atoms with Gasteiger partial charge in [0.1, 0.15) is 0 Å². The van der Waals surface area contributed by atoms with Crippen molar-refractivity contribution in [2.24, 2.45) is 0 Å². The van der Waals surface area contributed by atoms with Gasteiger partial charge >= 0.3 is 0 Å². The molecule has 1 rings (SSSR count). The standard InChI is InChI=1S/C13H17F2NO/c1-4-5-9(2)10(3)6-12(17)16-11-7-13(14,15)8-11/h4-5,11H,1,3,6-8H2,2H3,(H,16,17)/b9-5-. The van der Waals surface area contributed by atoms with E-state index in [2.05, 4.69) is 18.5 Å². The summed E-state index contributed by atoms with van der Waals surface area (Å²) in [5.74, 6) is -2.86. The van der Waals surface area contributed by atoms with Crippen molar-refractivity contribution in [3.8, 4) is 0 Å². The second kappa shape index (κ2) is 5.25. The van der Waals surface area contributed by atoms with Crippen LogP contribution in [0.3, 0.4) is 0 Å². The van der Waals surface area contributed by atoms with Crippen molar-refractivity contribution in [2.45, 2.75) is 38.2 Å². The van der Waals surface area contributed by atoms with Crippen molar-refractivity contribution < 1.29 is 13.6 Å². The number of carbonyl (C=O) groups is 1. The fraction of sp³-hybridized carbons (Fsp3) is 0.462. The molecule has 0 heterocycles. The topological polar surface area (TPSA) is 29.1 Å². The average Bonchev–Trinajstić information content (AvgIpc) is 2.14. The van der Waals surface area contributed by atoms with E-state index in [0.29, 0.717) is 5.57 Å². The molecule has 0 radical (unpaired) electrons. The largest absolute Gasteiger partial charge is 0.353 e. The molecule has 1 N–H and O–H groups in total. The second-order valence-electron chi connectivity index (χ2n) is 4.39. The van der Waals surface area contributed by atoms with Gasteiger partial charge in [-0.2, -0.15) is 0 Å². The van der Waals surface area contributed by atoms with Gasteiger partial charge in [0.15, 0.2) is 0 Å². The van der Waals surface area contributed by atoms with E-state index in [-0.39, 0.29) is 25.2 Å². The first kappa shape index (κ1) is 13.6. The van der Waals surface area contributed by atoms with Gasteiger partial charge in [0.25, 0.3) is 5.92 Å². The molecule has 0 spiro atoms. The molecule has 1 saturated carbocycles. The molecule has 17 heavy (non-hydrogen) atoms. The number of hydrogen-bond donors (Lipinski definition) is 1. The summed E-state index contributed by atoms with van der Waals surface area (Å²) in [5.41, 5.74) is 1.54. The van der Waals surface area contributed by atoms with Gasteiger partial charge in [0.05, 0.1) is 6.42 Å². The third-order valence-corrected chi connectivity index (χ3v) is 2.75. The van der Waals surface area contributed by atoms with E-state index in [1.165, 1.54) is 0 Å². The Kier molecular flexibility index (Phi) is 4.21. The number of alkyl halides is 2. The Morgan fingerprint density at radius 3 is 2.59 bits per heavy atom. The second-order valence-corrected chi connectivity index (χ2v) is 4.39. The number of halogens is 2. The molecule has 1 aliphatic carbocycles. The van der Waals surface area contributed by atoms with Gasteiger partial charge in [-0.1, -0.05) is 25.3 Å². The lowest BCUT2D eigenvalue weighted by molar-refractivity contribution is -0.128. The minimum absolute atomic E-state index is 0.137. The predicted molar refractivity (Wildman–Crippen MR) is 63.8 cm³/mol. The molecule has 0 atom stereocenters. The molecular formula is C13H17F2NO. The summed E-state index contributed by atoms with van der Waals surface area (Å²) in [7, 11) is 0. The Bertz CT molecular complexity index is 364. The molecule has 0 unspecified atom stereocenters. The normalized spacial score (nSPS) is 19.4. The highest BCUT2D eigenvalue weighted by Gasteiger charge is 2.45. The zero-order valence-corrected chi connectivity index (χ0v) is 9.93. The van der Waals surface area contributed by atoms with Crippen molar-refractivity contribution in [3.63, 3.8) is 0 Å². The molecule has 0 saturated heterocycles. The van der Waals surface area contributed by atoms with Crippen molar-refractivity contribution in [1.29, 1.82) is 0 Å². The molecule has 0 aromatic rings. The smallest absolute Gasteiger partial charge is 0.252 e. The maximum Gasteiger partial charge on any atom is 0.252 e. The highest BCUT2D eigenvalue weighted by Crippen LogP contribution is 2.37. The van der Waals surface area contributed by atoms with Crippen LogP contribution in [-0.2, 0) is 4.79 Å². The van der Waals surface area contributed by atoms with Gasteiger partial charge in [-0.25, -0.2) is 8.78 Å². The minimum atomic E-state index is -2.60. The van der Waals surface area contributed by atoms with Gasteiger partial charge < -0.3 is 5.32 Å². The van der Waals surface area contributed by atoms with Crippen LogP contribution in [0.15, 0.2) is 36.5 Å². The van der Waals surface area contributed by atoms with E-state index in [1.54, 1.807) is 12.2 Å². The summed E-state index contributed by atoms with van der Waals surface area (Å²) in [6, 6.07) is -0.394. The van der Waals surface area contributed by atoms with Crippen LogP contribution >= 0.6 is 0 Å². The molecular weight excluding hydrogens is 224 g/mol. The van der Waals surface area contributed by atoms with E-state index in [0.717, 1.165) is 5.57 Å². The van der Waals surface area contributed by atoms with Crippen molar-refractivity contribution >= 4 is 5.91 Å². The van der Waals surface area contributed by atoms with Gasteiger partial charge in [-0.3, -0.25) is 4.79 Å². The molecule has 0 aromatic carbocycles. The maximum absolute atomic E-state index is 12.5. The molecule has 1 aliphatic rings. The summed E-state index contributed by atoms with van der Waals surface area (Å²) < 4.78 is 25.1. The number of allylic oxidation sites excluding steroid dienone is 3. The van der Waals surface area contributed by atoms with Crippen LogP contribution in [0.5, 0.6) is 0 Å². The summed E-state index contributed by atoms with van der Waals surface area (Å²) in [6.45, 7) is 9.14. The zero-order chi connectivity index (χ0) is 13.1. The Hall–Kier alpha value is -1.45. The zero-order valence-electron chi connectivity index (χ0n) is 9.93. The van der Waals surface area contributed by atoms with Gasteiger partial charge in [-0.15, -0.1) is 0 Å². The molecule has 4 heteroatoms.